The van der Waals surface area contributed by atoms with Crippen molar-refractivity contribution in [2.75, 3.05) is 0 Å². The lowest BCUT2D eigenvalue weighted by Gasteiger charge is -2.07. The lowest BCUT2D eigenvalue weighted by molar-refractivity contribution is -0.136. The molecular formula is C9H11F3N4S. The number of fused-ring (bicyclic) bond motifs is 1. The average molecular weight is 264 g/mol. The zero-order valence-corrected chi connectivity index (χ0v) is 10.1. The van der Waals surface area contributed by atoms with E-state index >= 15 is 0 Å². The molecule has 0 amide bonds. The van der Waals surface area contributed by atoms with Gasteiger partial charge in [0.2, 0.25) is 0 Å². The molecule has 1 N–H and O–H groups in total. The molecule has 0 fully saturated rings. The van der Waals surface area contributed by atoms with Crippen LogP contribution >= 0.6 is 12.2 Å². The van der Waals surface area contributed by atoms with Crippen LogP contribution in [0, 0.1) is 11.7 Å². The van der Waals surface area contributed by atoms with Crippen LogP contribution in [0.2, 0.25) is 0 Å². The van der Waals surface area contributed by atoms with Gasteiger partial charge in [0.15, 0.2) is 10.4 Å². The van der Waals surface area contributed by atoms with Crippen LogP contribution in [0.5, 0.6) is 0 Å². The van der Waals surface area contributed by atoms with Gasteiger partial charge in [-0.3, -0.25) is 4.68 Å². The number of imidazole rings is 1. The van der Waals surface area contributed by atoms with Gasteiger partial charge >= 0.3 is 6.18 Å². The molecule has 17 heavy (non-hydrogen) atoms. The van der Waals surface area contributed by atoms with Gasteiger partial charge in [-0.05, 0) is 19.1 Å². The van der Waals surface area contributed by atoms with Crippen molar-refractivity contribution < 1.29 is 13.2 Å². The molecule has 0 spiro atoms. The van der Waals surface area contributed by atoms with Crippen LogP contribution in [-0.4, -0.2) is 25.5 Å². The minimum Gasteiger partial charge on any atom is -0.328 e. The number of H-pyrrole nitrogens is 1. The Balaban J connectivity index is 2.46. The number of nitrogens with zero attached hydrogens (tertiary/aromatic N) is 3. The van der Waals surface area contributed by atoms with Crippen molar-refractivity contribution in [1.29, 1.82) is 0 Å². The van der Waals surface area contributed by atoms with Crippen molar-refractivity contribution in [2.24, 2.45) is 7.05 Å². The number of hydrogen-bond donors (Lipinski definition) is 1. The fourth-order valence-electron chi connectivity index (χ4n) is 1.82. The number of aromatic amines is 1. The highest BCUT2D eigenvalue weighted by atomic mass is 32.1. The molecule has 2 heterocycles. The van der Waals surface area contributed by atoms with Crippen molar-refractivity contribution in [3.63, 3.8) is 0 Å². The molecule has 94 valence electrons. The number of aryl methyl sites for hydroxylation is 3. The monoisotopic (exact) mass is 264 g/mol. The van der Waals surface area contributed by atoms with Crippen LogP contribution in [0.4, 0.5) is 13.2 Å². The van der Waals surface area contributed by atoms with Gasteiger partial charge in [-0.1, -0.05) is 0 Å². The second kappa shape index (κ2) is 3.86. The van der Waals surface area contributed by atoms with Gasteiger partial charge < -0.3 is 9.55 Å². The van der Waals surface area contributed by atoms with Gasteiger partial charge in [0.05, 0.1) is 12.1 Å². The summed E-state index contributed by atoms with van der Waals surface area (Å²) in [6.07, 6.45) is -5.09. The first-order valence-corrected chi connectivity index (χ1v) is 5.39. The standard InChI is InChI=1S/C9H11F3N4S/c1-5-6-7(15(2)14-5)16(8(17)13-6)4-3-9(10,11)12/h3-4H2,1-2H3,(H,13,17). The van der Waals surface area contributed by atoms with Crippen molar-refractivity contribution in [2.45, 2.75) is 26.1 Å². The Labute approximate surface area is 100 Å². The molecule has 0 aliphatic rings. The Morgan fingerprint density at radius 1 is 1.41 bits per heavy atom. The van der Waals surface area contributed by atoms with E-state index in [1.54, 1.807) is 14.0 Å². The smallest absolute Gasteiger partial charge is 0.328 e. The predicted octanol–water partition coefficient (Wildman–Crippen LogP) is 2.69. The van der Waals surface area contributed by atoms with Crippen molar-refractivity contribution >= 4 is 23.4 Å². The number of aromatic nitrogens is 4. The van der Waals surface area contributed by atoms with Crippen LogP contribution in [-0.2, 0) is 13.6 Å². The topological polar surface area (TPSA) is 38.5 Å². The van der Waals surface area contributed by atoms with E-state index in [1.807, 2.05) is 0 Å². The lowest BCUT2D eigenvalue weighted by Crippen LogP contribution is -2.13. The maximum absolute atomic E-state index is 12.2. The summed E-state index contributed by atoms with van der Waals surface area (Å²) < 4.78 is 39.9. The van der Waals surface area contributed by atoms with Gasteiger partial charge in [-0.25, -0.2) is 0 Å². The molecule has 8 heteroatoms. The number of rotatable bonds is 2. The van der Waals surface area contributed by atoms with Gasteiger partial charge in [0, 0.05) is 13.6 Å². The number of nitrogens with one attached hydrogen (secondary N) is 1. The molecule has 0 radical (unpaired) electrons. The first-order valence-electron chi connectivity index (χ1n) is 4.98. The molecule has 0 aliphatic carbocycles. The van der Waals surface area contributed by atoms with E-state index in [0.717, 1.165) is 5.69 Å². The van der Waals surface area contributed by atoms with Crippen LogP contribution in [0.25, 0.3) is 11.2 Å². The first-order chi connectivity index (χ1) is 7.79. The summed E-state index contributed by atoms with van der Waals surface area (Å²) in [4.78, 5) is 2.88. The van der Waals surface area contributed by atoms with Gasteiger partial charge in [0.25, 0.3) is 0 Å². The summed E-state index contributed by atoms with van der Waals surface area (Å²) in [5.41, 5.74) is 2.01. The summed E-state index contributed by atoms with van der Waals surface area (Å²) in [5.74, 6) is 0. The zero-order valence-electron chi connectivity index (χ0n) is 9.30. The molecule has 0 aromatic carbocycles. The van der Waals surface area contributed by atoms with Crippen LogP contribution < -0.4 is 0 Å². The minimum absolute atomic E-state index is 0.193. The van der Waals surface area contributed by atoms with Gasteiger partial charge in [-0.2, -0.15) is 18.3 Å². The molecule has 0 aliphatic heterocycles. The highest BCUT2D eigenvalue weighted by Gasteiger charge is 2.27. The van der Waals surface area contributed by atoms with E-state index in [1.165, 1.54) is 9.25 Å². The van der Waals surface area contributed by atoms with E-state index in [9.17, 15) is 13.2 Å². The number of hydrogen-bond acceptors (Lipinski definition) is 2. The molecule has 0 bridgehead atoms. The summed E-state index contributed by atoms with van der Waals surface area (Å²) in [5, 5.41) is 4.13. The van der Waals surface area contributed by atoms with E-state index < -0.39 is 12.6 Å². The van der Waals surface area contributed by atoms with Gasteiger partial charge in [-0.15, -0.1) is 0 Å². The van der Waals surface area contributed by atoms with Crippen molar-refractivity contribution in [3.8, 4) is 0 Å². The van der Waals surface area contributed by atoms with Gasteiger partial charge in [0.1, 0.15) is 5.52 Å². The average Bonchev–Trinajstić information content (AvgIpc) is 2.62. The largest absolute Gasteiger partial charge is 0.390 e. The van der Waals surface area contributed by atoms with Crippen LogP contribution in [0.1, 0.15) is 12.1 Å². The molecule has 2 aromatic heterocycles. The molecule has 2 rings (SSSR count). The molecule has 4 nitrogen and oxygen atoms in total. The van der Waals surface area contributed by atoms with Crippen molar-refractivity contribution in [1.82, 2.24) is 19.3 Å². The minimum atomic E-state index is -4.19. The fraction of sp³-hybridized carbons (Fsp3) is 0.556. The SMILES string of the molecule is Cc1nn(C)c2c1[nH]c(=S)n2CCC(F)(F)F. The van der Waals surface area contributed by atoms with E-state index in [2.05, 4.69) is 10.1 Å². The Hall–Kier alpha value is -1.31. The molecule has 0 saturated carbocycles. The second-order valence-corrected chi connectivity index (χ2v) is 4.24. The maximum atomic E-state index is 12.2. The Bertz CT molecular complexity index is 604. The Kier molecular flexibility index (Phi) is 2.76. The summed E-state index contributed by atoms with van der Waals surface area (Å²) >= 11 is 5.01. The van der Waals surface area contributed by atoms with Crippen LogP contribution in [0.15, 0.2) is 0 Å². The first kappa shape index (κ1) is 12.2. The highest BCUT2D eigenvalue weighted by molar-refractivity contribution is 7.71. The molecule has 0 unspecified atom stereocenters. The van der Waals surface area contributed by atoms with E-state index in [-0.39, 0.29) is 6.54 Å². The third-order valence-corrected chi connectivity index (χ3v) is 2.87. The molecule has 0 atom stereocenters. The van der Waals surface area contributed by atoms with Crippen molar-refractivity contribution in [3.05, 3.63) is 10.5 Å². The summed E-state index contributed by atoms with van der Waals surface area (Å²) in [6, 6.07) is 0. The Morgan fingerprint density at radius 2 is 2.06 bits per heavy atom. The second-order valence-electron chi connectivity index (χ2n) is 3.85. The van der Waals surface area contributed by atoms with Crippen LogP contribution in [0.3, 0.4) is 0 Å². The van der Waals surface area contributed by atoms with E-state index in [0.29, 0.717) is 15.9 Å². The summed E-state index contributed by atoms with van der Waals surface area (Å²) in [6.45, 7) is 1.59. The normalized spacial score (nSPS) is 12.5. The summed E-state index contributed by atoms with van der Waals surface area (Å²) in [7, 11) is 1.68. The quantitative estimate of drug-likeness (QED) is 0.847. The fourth-order valence-corrected chi connectivity index (χ4v) is 2.10. The highest BCUT2D eigenvalue weighted by Crippen LogP contribution is 2.23. The zero-order chi connectivity index (χ0) is 12.8. The maximum Gasteiger partial charge on any atom is 0.390 e. The Morgan fingerprint density at radius 3 is 2.65 bits per heavy atom. The number of halogens is 3. The van der Waals surface area contributed by atoms with E-state index in [4.69, 9.17) is 12.2 Å². The lowest BCUT2D eigenvalue weighted by atomic mass is 10.4. The molecule has 0 saturated heterocycles. The predicted molar refractivity (Wildman–Crippen MR) is 59.3 cm³/mol. The third-order valence-electron chi connectivity index (χ3n) is 2.54. The molecule has 2 aromatic rings. The third kappa shape index (κ3) is 2.21. The molecular weight excluding hydrogens is 253 g/mol. The number of alkyl halides is 3.